The van der Waals surface area contributed by atoms with Crippen LogP contribution in [0.3, 0.4) is 0 Å². The second-order valence-electron chi connectivity index (χ2n) is 4.97. The van der Waals surface area contributed by atoms with Crippen molar-refractivity contribution in [1.29, 1.82) is 0 Å². The van der Waals surface area contributed by atoms with E-state index in [4.69, 9.17) is 4.74 Å². The fourth-order valence-corrected chi connectivity index (χ4v) is 2.75. The molecule has 0 radical (unpaired) electrons. The van der Waals surface area contributed by atoms with E-state index < -0.39 is 0 Å². The summed E-state index contributed by atoms with van der Waals surface area (Å²) in [6.45, 7) is 2.99. The van der Waals surface area contributed by atoms with Crippen LogP contribution in [0.25, 0.3) is 11.0 Å². The number of aromatic amines is 1. The van der Waals surface area contributed by atoms with Gasteiger partial charge in [0.25, 0.3) is 0 Å². The minimum absolute atomic E-state index is 0.0969. The number of hydrogen-bond acceptors (Lipinski definition) is 6. The predicted octanol–water partition coefficient (Wildman–Crippen LogP) is 2.12. The molecule has 0 saturated heterocycles. The summed E-state index contributed by atoms with van der Waals surface area (Å²) in [5.74, 6) is 0.678. The first-order chi connectivity index (χ1) is 11.6. The molecule has 0 aliphatic carbocycles. The molecule has 1 aromatic carbocycles. The first-order valence-corrected chi connectivity index (χ1v) is 8.69. The molecule has 0 aliphatic heterocycles. The second kappa shape index (κ2) is 9.17. The number of amides is 1. The van der Waals surface area contributed by atoms with E-state index in [1.165, 1.54) is 18.9 Å². The molecule has 0 unspecified atom stereocenters. The minimum atomic E-state index is -0.271. The van der Waals surface area contributed by atoms with E-state index >= 15 is 0 Å². The molecule has 1 amide bonds. The summed E-state index contributed by atoms with van der Waals surface area (Å²) < 4.78 is 9.99. The standard InChI is InChI=1S/C16H21N3O4S/c1-3-23-11-6-7-12-13(9-11)19-16(18-12)24-10-14(20)17-8-4-5-15(21)22-2/h6-7,9H,3-5,8,10H2,1-2H3,(H,17,20)(H,18,19). The zero-order chi connectivity index (χ0) is 17.4. The van der Waals surface area contributed by atoms with Crippen molar-refractivity contribution in [3.8, 4) is 5.75 Å². The van der Waals surface area contributed by atoms with Gasteiger partial charge < -0.3 is 19.8 Å². The van der Waals surface area contributed by atoms with E-state index in [1.807, 2.05) is 25.1 Å². The van der Waals surface area contributed by atoms with E-state index in [0.29, 0.717) is 31.1 Å². The van der Waals surface area contributed by atoms with Gasteiger partial charge in [-0.1, -0.05) is 11.8 Å². The quantitative estimate of drug-likeness (QED) is 0.408. The molecule has 0 atom stereocenters. The number of nitrogens with zero attached hydrogens (tertiary/aromatic N) is 1. The lowest BCUT2D eigenvalue weighted by Crippen LogP contribution is -2.26. The van der Waals surface area contributed by atoms with E-state index in [0.717, 1.165) is 16.8 Å². The van der Waals surface area contributed by atoms with Gasteiger partial charge in [0.15, 0.2) is 5.16 Å². The van der Waals surface area contributed by atoms with Gasteiger partial charge in [-0.3, -0.25) is 9.59 Å². The number of benzene rings is 1. The lowest BCUT2D eigenvalue weighted by Gasteiger charge is -2.03. The average molecular weight is 351 g/mol. The molecule has 0 bridgehead atoms. The Balaban J connectivity index is 1.78. The number of H-pyrrole nitrogens is 1. The van der Waals surface area contributed by atoms with Crippen LogP contribution in [0.4, 0.5) is 0 Å². The van der Waals surface area contributed by atoms with Crippen molar-refractivity contribution in [2.24, 2.45) is 0 Å². The lowest BCUT2D eigenvalue weighted by molar-refractivity contribution is -0.140. The molecule has 24 heavy (non-hydrogen) atoms. The molecule has 7 nitrogen and oxygen atoms in total. The van der Waals surface area contributed by atoms with E-state index in [2.05, 4.69) is 20.0 Å². The molecule has 2 rings (SSSR count). The summed E-state index contributed by atoms with van der Waals surface area (Å²) in [6.07, 6.45) is 0.865. The Labute approximate surface area is 144 Å². The number of thioether (sulfide) groups is 1. The SMILES string of the molecule is CCOc1ccc2nc(SCC(=O)NCCCC(=O)OC)[nH]c2c1. The smallest absolute Gasteiger partial charge is 0.305 e. The Kier molecular flexibility index (Phi) is 6.92. The Morgan fingerprint density at radius 3 is 2.96 bits per heavy atom. The third kappa shape index (κ3) is 5.45. The number of rotatable bonds is 9. The molecule has 2 aromatic rings. The van der Waals surface area contributed by atoms with Gasteiger partial charge in [-0.25, -0.2) is 4.98 Å². The van der Waals surface area contributed by atoms with Crippen molar-refractivity contribution >= 4 is 34.7 Å². The summed E-state index contributed by atoms with van der Waals surface area (Å²) in [4.78, 5) is 30.3. The number of fused-ring (bicyclic) bond motifs is 1. The van der Waals surface area contributed by atoms with Crippen molar-refractivity contribution in [3.05, 3.63) is 18.2 Å². The molecule has 0 saturated carbocycles. The molecule has 0 aliphatic rings. The number of imidazole rings is 1. The number of nitrogens with one attached hydrogen (secondary N) is 2. The molecule has 0 spiro atoms. The summed E-state index contributed by atoms with van der Waals surface area (Å²) in [5.41, 5.74) is 1.71. The number of carbonyl (C=O) groups is 2. The first-order valence-electron chi connectivity index (χ1n) is 7.71. The molecule has 1 heterocycles. The molecule has 130 valence electrons. The highest BCUT2D eigenvalue weighted by molar-refractivity contribution is 7.99. The molecule has 8 heteroatoms. The van der Waals surface area contributed by atoms with Gasteiger partial charge in [0.2, 0.25) is 5.91 Å². The molecular formula is C16H21N3O4S. The number of carbonyl (C=O) groups excluding carboxylic acids is 2. The molecular weight excluding hydrogens is 330 g/mol. The number of ether oxygens (including phenoxy) is 2. The van der Waals surface area contributed by atoms with Crippen LogP contribution < -0.4 is 10.1 Å². The van der Waals surface area contributed by atoms with E-state index in [1.54, 1.807) is 0 Å². The second-order valence-corrected chi connectivity index (χ2v) is 5.94. The van der Waals surface area contributed by atoms with Crippen molar-refractivity contribution in [2.75, 3.05) is 26.0 Å². The van der Waals surface area contributed by atoms with Crippen molar-refractivity contribution in [3.63, 3.8) is 0 Å². The number of methoxy groups -OCH3 is 1. The van der Waals surface area contributed by atoms with Crippen LogP contribution in [0.5, 0.6) is 5.75 Å². The fraction of sp³-hybridized carbons (Fsp3) is 0.438. The van der Waals surface area contributed by atoms with E-state index in [9.17, 15) is 9.59 Å². The summed E-state index contributed by atoms with van der Waals surface area (Å²) in [6, 6.07) is 5.64. The fourth-order valence-electron chi connectivity index (χ4n) is 2.04. The highest BCUT2D eigenvalue weighted by Crippen LogP contribution is 2.23. The number of aromatic nitrogens is 2. The van der Waals surface area contributed by atoms with Gasteiger partial charge in [0.05, 0.1) is 30.5 Å². The Bertz CT molecular complexity index is 702. The third-order valence-corrected chi connectivity index (χ3v) is 4.06. The van der Waals surface area contributed by atoms with Gasteiger partial charge in [0.1, 0.15) is 5.75 Å². The maximum absolute atomic E-state index is 11.8. The molecule has 1 aromatic heterocycles. The van der Waals surface area contributed by atoms with Gasteiger partial charge in [-0.2, -0.15) is 0 Å². The summed E-state index contributed by atoms with van der Waals surface area (Å²) >= 11 is 1.33. The number of hydrogen-bond donors (Lipinski definition) is 2. The zero-order valence-corrected chi connectivity index (χ0v) is 14.6. The highest BCUT2D eigenvalue weighted by atomic mass is 32.2. The normalized spacial score (nSPS) is 10.6. The van der Waals surface area contributed by atoms with Crippen LogP contribution in [-0.2, 0) is 14.3 Å². The van der Waals surface area contributed by atoms with Crippen molar-refractivity contribution < 1.29 is 19.1 Å². The Morgan fingerprint density at radius 1 is 1.38 bits per heavy atom. The van der Waals surface area contributed by atoms with Crippen LogP contribution in [-0.4, -0.2) is 47.9 Å². The van der Waals surface area contributed by atoms with Crippen LogP contribution in [0.2, 0.25) is 0 Å². The van der Waals surface area contributed by atoms with Crippen LogP contribution in [0.15, 0.2) is 23.4 Å². The van der Waals surface area contributed by atoms with E-state index in [-0.39, 0.29) is 17.6 Å². The van der Waals surface area contributed by atoms with Gasteiger partial charge >= 0.3 is 5.97 Å². The Hall–Kier alpha value is -2.22. The van der Waals surface area contributed by atoms with Gasteiger partial charge in [-0.05, 0) is 25.5 Å². The third-order valence-electron chi connectivity index (χ3n) is 3.19. The molecule has 0 fully saturated rings. The van der Waals surface area contributed by atoms with Crippen LogP contribution >= 0.6 is 11.8 Å². The van der Waals surface area contributed by atoms with Crippen LogP contribution in [0, 0.1) is 0 Å². The highest BCUT2D eigenvalue weighted by Gasteiger charge is 2.08. The lowest BCUT2D eigenvalue weighted by atomic mass is 10.3. The van der Waals surface area contributed by atoms with Crippen LogP contribution in [0.1, 0.15) is 19.8 Å². The van der Waals surface area contributed by atoms with Crippen molar-refractivity contribution in [1.82, 2.24) is 15.3 Å². The average Bonchev–Trinajstić information content (AvgIpc) is 2.99. The first kappa shape index (κ1) is 18.1. The van der Waals surface area contributed by atoms with Gasteiger partial charge in [-0.15, -0.1) is 0 Å². The Morgan fingerprint density at radius 2 is 2.21 bits per heavy atom. The topological polar surface area (TPSA) is 93.3 Å². The largest absolute Gasteiger partial charge is 0.494 e. The maximum Gasteiger partial charge on any atom is 0.305 e. The monoisotopic (exact) mass is 351 g/mol. The number of esters is 1. The molecule has 2 N–H and O–H groups in total. The minimum Gasteiger partial charge on any atom is -0.494 e. The summed E-state index contributed by atoms with van der Waals surface area (Å²) in [7, 11) is 1.35. The van der Waals surface area contributed by atoms with Gasteiger partial charge in [0, 0.05) is 19.0 Å². The van der Waals surface area contributed by atoms with Crippen molar-refractivity contribution in [2.45, 2.75) is 24.9 Å². The predicted molar refractivity (Wildman–Crippen MR) is 92.2 cm³/mol. The summed E-state index contributed by atoms with van der Waals surface area (Å²) in [5, 5.41) is 3.45. The zero-order valence-electron chi connectivity index (χ0n) is 13.8. The maximum atomic E-state index is 11.8.